The largest absolute Gasteiger partial charge is 0.461 e. The summed E-state index contributed by atoms with van der Waals surface area (Å²) < 4.78 is 26.3. The molecule has 0 bridgehead atoms. The Balaban J connectivity index is 1.58. The zero-order valence-electron chi connectivity index (χ0n) is 17.1. The van der Waals surface area contributed by atoms with E-state index < -0.39 is 12.1 Å². The van der Waals surface area contributed by atoms with Crippen molar-refractivity contribution in [2.24, 2.45) is 5.41 Å². The Morgan fingerprint density at radius 3 is 2.15 bits per heavy atom. The van der Waals surface area contributed by atoms with E-state index in [2.05, 4.69) is 27.7 Å². The molecule has 0 N–H and O–H groups in total. The monoisotopic (exact) mass is 374 g/mol. The standard InChI is InChI=1S/C22H32BFO3/c1-20(2)21(3,4)27-23(26-20)18-12-14-22(16-24,15-13-18)19(25)11-10-17-8-6-5-7-9-17/h5-9,18H,10-16H2,1-4H3. The Hall–Kier alpha value is -1.20. The first-order chi connectivity index (χ1) is 12.7. The second-order valence-corrected chi connectivity index (χ2v) is 9.28. The Bertz CT molecular complexity index is 635. The smallest absolute Gasteiger partial charge is 0.403 e. The minimum atomic E-state index is -0.811. The van der Waals surface area contributed by atoms with Crippen molar-refractivity contribution >= 4 is 12.9 Å². The number of hydrogen-bond donors (Lipinski definition) is 0. The van der Waals surface area contributed by atoms with E-state index in [1.54, 1.807) is 0 Å². The van der Waals surface area contributed by atoms with Crippen LogP contribution in [0, 0.1) is 5.41 Å². The lowest BCUT2D eigenvalue weighted by atomic mass is 9.58. The van der Waals surface area contributed by atoms with Crippen molar-refractivity contribution in [1.82, 2.24) is 0 Å². The summed E-state index contributed by atoms with van der Waals surface area (Å²) in [5, 5.41) is 0. The van der Waals surface area contributed by atoms with Crippen LogP contribution in [-0.4, -0.2) is 30.8 Å². The van der Waals surface area contributed by atoms with E-state index in [1.165, 1.54) is 0 Å². The molecule has 148 valence electrons. The van der Waals surface area contributed by atoms with Gasteiger partial charge in [-0.2, -0.15) is 0 Å². The Morgan fingerprint density at radius 2 is 1.63 bits per heavy atom. The van der Waals surface area contributed by atoms with Gasteiger partial charge < -0.3 is 9.31 Å². The molecule has 1 aromatic rings. The first-order valence-electron chi connectivity index (χ1n) is 10.2. The molecule has 0 unspecified atom stereocenters. The van der Waals surface area contributed by atoms with Crippen LogP contribution in [0.5, 0.6) is 0 Å². The maximum Gasteiger partial charge on any atom is 0.461 e. The van der Waals surface area contributed by atoms with Crippen molar-refractivity contribution in [2.45, 2.75) is 83.2 Å². The molecule has 1 heterocycles. The molecule has 0 amide bonds. The lowest BCUT2D eigenvalue weighted by molar-refractivity contribution is -0.131. The van der Waals surface area contributed by atoms with Gasteiger partial charge in [0.05, 0.1) is 16.6 Å². The first kappa shape index (κ1) is 20.5. The highest BCUT2D eigenvalue weighted by Crippen LogP contribution is 2.48. The van der Waals surface area contributed by atoms with E-state index in [0.29, 0.717) is 25.7 Å². The summed E-state index contributed by atoms with van der Waals surface area (Å²) in [5.74, 6) is 0.300. The van der Waals surface area contributed by atoms with Gasteiger partial charge in [0.15, 0.2) is 0 Å². The predicted molar refractivity (Wildman–Crippen MR) is 106 cm³/mol. The highest BCUT2D eigenvalue weighted by atomic mass is 19.1. The van der Waals surface area contributed by atoms with Crippen molar-refractivity contribution in [3.8, 4) is 0 Å². The summed E-state index contributed by atoms with van der Waals surface area (Å²) in [6, 6.07) is 9.95. The van der Waals surface area contributed by atoms with E-state index in [0.717, 1.165) is 18.4 Å². The Morgan fingerprint density at radius 1 is 1.07 bits per heavy atom. The molecule has 2 aliphatic rings. The van der Waals surface area contributed by atoms with E-state index >= 15 is 0 Å². The molecule has 0 radical (unpaired) electrons. The Kier molecular flexibility index (Phi) is 5.84. The number of rotatable bonds is 6. The molecule has 1 saturated carbocycles. The maximum absolute atomic E-state index is 14.0. The highest BCUT2D eigenvalue weighted by molar-refractivity contribution is 6.47. The predicted octanol–water partition coefficient (Wildman–Crippen LogP) is 5.18. The number of Topliss-reactive ketones (excluding diaryl/α,β-unsaturated/α-hetero) is 1. The average Bonchev–Trinajstić information content (AvgIpc) is 2.88. The van der Waals surface area contributed by atoms with E-state index in [-0.39, 0.29) is 29.9 Å². The summed E-state index contributed by atoms with van der Waals surface area (Å²) in [5.41, 5.74) is -0.379. The Labute approximate surface area is 163 Å². The number of benzene rings is 1. The van der Waals surface area contributed by atoms with Crippen LogP contribution < -0.4 is 0 Å². The SMILES string of the molecule is CC1(C)OB(C2CCC(CF)(C(=O)CCc3ccccc3)CC2)OC1(C)C. The van der Waals surface area contributed by atoms with Crippen molar-refractivity contribution < 1.29 is 18.5 Å². The lowest BCUT2D eigenvalue weighted by Crippen LogP contribution is -2.41. The second kappa shape index (κ2) is 7.67. The van der Waals surface area contributed by atoms with E-state index in [4.69, 9.17) is 9.31 Å². The summed E-state index contributed by atoms with van der Waals surface area (Å²) >= 11 is 0. The number of carbonyl (C=O) groups is 1. The van der Waals surface area contributed by atoms with Crippen molar-refractivity contribution in [3.63, 3.8) is 0 Å². The normalized spacial score (nSPS) is 29.7. The van der Waals surface area contributed by atoms with E-state index in [1.807, 2.05) is 30.3 Å². The molecule has 1 saturated heterocycles. The van der Waals surface area contributed by atoms with Gasteiger partial charge in [0.2, 0.25) is 0 Å². The molecular formula is C22H32BFO3. The number of carbonyl (C=O) groups excluding carboxylic acids is 1. The van der Waals surface area contributed by atoms with Crippen LogP contribution in [0.15, 0.2) is 30.3 Å². The molecule has 1 aliphatic heterocycles. The maximum atomic E-state index is 14.0. The fourth-order valence-corrected chi connectivity index (χ4v) is 4.20. The van der Waals surface area contributed by atoms with Gasteiger partial charge in [-0.15, -0.1) is 0 Å². The molecule has 0 spiro atoms. The van der Waals surface area contributed by atoms with Crippen LogP contribution in [0.25, 0.3) is 0 Å². The van der Waals surface area contributed by atoms with Crippen molar-refractivity contribution in [1.29, 1.82) is 0 Å². The van der Waals surface area contributed by atoms with Gasteiger partial charge in [0.1, 0.15) is 12.5 Å². The van der Waals surface area contributed by atoms with Gasteiger partial charge in [-0.3, -0.25) is 9.18 Å². The fraction of sp³-hybridized carbons (Fsp3) is 0.682. The van der Waals surface area contributed by atoms with Gasteiger partial charge in [0.25, 0.3) is 0 Å². The second-order valence-electron chi connectivity index (χ2n) is 9.28. The summed E-state index contributed by atoms with van der Waals surface area (Å²) in [6.45, 7) is 7.64. The van der Waals surface area contributed by atoms with Crippen LogP contribution in [0.2, 0.25) is 5.82 Å². The molecule has 1 aromatic carbocycles. The number of halogens is 1. The molecule has 0 aromatic heterocycles. The van der Waals surface area contributed by atoms with Crippen LogP contribution in [0.1, 0.15) is 65.4 Å². The molecule has 3 rings (SSSR count). The topological polar surface area (TPSA) is 35.5 Å². The third-order valence-corrected chi connectivity index (χ3v) is 6.97. The van der Waals surface area contributed by atoms with Gasteiger partial charge in [0, 0.05) is 6.42 Å². The first-order valence-corrected chi connectivity index (χ1v) is 10.2. The average molecular weight is 374 g/mol. The summed E-state index contributed by atoms with van der Waals surface area (Å²) in [4.78, 5) is 12.9. The van der Waals surface area contributed by atoms with Crippen LogP contribution in [0.4, 0.5) is 4.39 Å². The minimum absolute atomic E-state index is 0.0706. The third-order valence-electron chi connectivity index (χ3n) is 6.97. The molecule has 27 heavy (non-hydrogen) atoms. The minimum Gasteiger partial charge on any atom is -0.403 e. The highest BCUT2D eigenvalue weighted by Gasteiger charge is 2.55. The van der Waals surface area contributed by atoms with E-state index in [9.17, 15) is 9.18 Å². The molecule has 3 nitrogen and oxygen atoms in total. The molecular weight excluding hydrogens is 342 g/mol. The number of hydrogen-bond acceptors (Lipinski definition) is 3. The molecule has 5 heteroatoms. The number of alkyl halides is 1. The quantitative estimate of drug-likeness (QED) is 0.644. The molecule has 1 aliphatic carbocycles. The summed E-state index contributed by atoms with van der Waals surface area (Å²) in [7, 11) is -0.257. The zero-order chi connectivity index (χ0) is 19.7. The number of aryl methyl sites for hydroxylation is 1. The van der Waals surface area contributed by atoms with Crippen molar-refractivity contribution in [3.05, 3.63) is 35.9 Å². The van der Waals surface area contributed by atoms with Gasteiger partial charge >= 0.3 is 7.12 Å². The fourth-order valence-electron chi connectivity index (χ4n) is 4.20. The van der Waals surface area contributed by atoms with Crippen LogP contribution in [0.3, 0.4) is 0 Å². The van der Waals surface area contributed by atoms with Gasteiger partial charge in [-0.25, -0.2) is 0 Å². The van der Waals surface area contributed by atoms with Crippen molar-refractivity contribution in [2.75, 3.05) is 6.67 Å². The van der Waals surface area contributed by atoms with Gasteiger partial charge in [-0.05, 0) is 58.3 Å². The molecule has 2 fully saturated rings. The number of ketones is 1. The van der Waals surface area contributed by atoms with Gasteiger partial charge in [-0.1, -0.05) is 43.2 Å². The van der Waals surface area contributed by atoms with Crippen LogP contribution in [-0.2, 0) is 20.5 Å². The molecule has 0 atom stereocenters. The zero-order valence-corrected chi connectivity index (χ0v) is 17.1. The van der Waals surface area contributed by atoms with Crippen LogP contribution >= 0.6 is 0 Å². The third kappa shape index (κ3) is 4.14. The summed E-state index contributed by atoms with van der Waals surface area (Å²) in [6.07, 6.45) is 3.82. The lowest BCUT2D eigenvalue weighted by Gasteiger charge is -2.37.